The van der Waals surface area contributed by atoms with Crippen molar-refractivity contribution in [3.05, 3.63) is 94.0 Å². The summed E-state index contributed by atoms with van der Waals surface area (Å²) in [6, 6.07) is 24.6. The Morgan fingerprint density at radius 2 is 1.70 bits per heavy atom. The molecule has 33 heavy (non-hydrogen) atoms. The molecule has 3 aromatic rings. The van der Waals surface area contributed by atoms with Gasteiger partial charge in [-0.1, -0.05) is 65.7 Å². The molecule has 1 aliphatic rings. The Labute approximate surface area is 206 Å². The second kappa shape index (κ2) is 10.4. The van der Waals surface area contributed by atoms with E-state index in [-0.39, 0.29) is 12.6 Å². The average molecular weight is 485 g/mol. The number of hydrogen-bond acceptors (Lipinski definition) is 4. The van der Waals surface area contributed by atoms with Crippen molar-refractivity contribution in [2.24, 2.45) is 0 Å². The lowest BCUT2D eigenvalue weighted by Crippen LogP contribution is -2.48. The monoisotopic (exact) mass is 484 g/mol. The minimum absolute atomic E-state index is 0.0750. The van der Waals surface area contributed by atoms with Crippen molar-refractivity contribution in [2.75, 3.05) is 31.1 Å². The minimum Gasteiger partial charge on any atom is -0.485 e. The van der Waals surface area contributed by atoms with Gasteiger partial charge in [0.25, 0.3) is 0 Å². The molecule has 3 aromatic carbocycles. The van der Waals surface area contributed by atoms with E-state index >= 15 is 0 Å². The molecule has 4 rings (SSSR count). The number of piperazine rings is 1. The Morgan fingerprint density at radius 1 is 0.970 bits per heavy atom. The second-order valence-electron chi connectivity index (χ2n) is 9.11. The summed E-state index contributed by atoms with van der Waals surface area (Å²) in [6.45, 7) is 7.19. The lowest BCUT2D eigenvalue weighted by molar-refractivity contribution is 0.0413. The molecule has 174 valence electrons. The van der Waals surface area contributed by atoms with Gasteiger partial charge in [0, 0.05) is 37.3 Å². The van der Waals surface area contributed by atoms with E-state index in [4.69, 9.17) is 27.9 Å². The van der Waals surface area contributed by atoms with Crippen LogP contribution in [0.3, 0.4) is 0 Å². The van der Waals surface area contributed by atoms with Gasteiger partial charge >= 0.3 is 0 Å². The smallest absolute Gasteiger partial charge is 0.126 e. The molecule has 0 bridgehead atoms. The number of benzene rings is 3. The number of hydrogen-bond donors (Lipinski definition) is 1. The van der Waals surface area contributed by atoms with Gasteiger partial charge < -0.3 is 14.7 Å². The number of rotatable bonds is 7. The fourth-order valence-corrected chi connectivity index (χ4v) is 4.62. The van der Waals surface area contributed by atoms with Gasteiger partial charge in [-0.25, -0.2) is 0 Å². The van der Waals surface area contributed by atoms with Gasteiger partial charge in [0.1, 0.15) is 11.4 Å². The summed E-state index contributed by atoms with van der Waals surface area (Å²) >= 11 is 12.9. The first kappa shape index (κ1) is 23.9. The van der Waals surface area contributed by atoms with Crippen LogP contribution in [-0.2, 0) is 6.54 Å². The Hall–Kier alpha value is -2.24. The highest BCUT2D eigenvalue weighted by Crippen LogP contribution is 2.38. The first-order valence-electron chi connectivity index (χ1n) is 11.2. The van der Waals surface area contributed by atoms with Gasteiger partial charge in [-0.15, -0.1) is 0 Å². The first-order chi connectivity index (χ1) is 15.8. The van der Waals surface area contributed by atoms with Gasteiger partial charge in [-0.2, -0.15) is 0 Å². The van der Waals surface area contributed by atoms with Crippen LogP contribution in [0.15, 0.2) is 72.8 Å². The number of anilines is 1. The van der Waals surface area contributed by atoms with Crippen molar-refractivity contribution in [2.45, 2.75) is 32.0 Å². The number of aliphatic hydroxyl groups excluding tert-OH is 1. The first-order valence-corrected chi connectivity index (χ1v) is 12.0. The van der Waals surface area contributed by atoms with Crippen LogP contribution in [0.1, 0.15) is 31.0 Å². The highest BCUT2D eigenvalue weighted by molar-refractivity contribution is 6.33. The van der Waals surface area contributed by atoms with Crippen LogP contribution in [-0.4, -0.2) is 41.8 Å². The largest absolute Gasteiger partial charge is 0.485 e. The Kier molecular flexibility index (Phi) is 7.50. The van der Waals surface area contributed by atoms with Gasteiger partial charge in [0.2, 0.25) is 0 Å². The van der Waals surface area contributed by atoms with Crippen LogP contribution >= 0.6 is 23.2 Å². The third-order valence-electron chi connectivity index (χ3n) is 5.97. The van der Waals surface area contributed by atoms with Crippen molar-refractivity contribution in [3.8, 4) is 5.75 Å². The van der Waals surface area contributed by atoms with Gasteiger partial charge in [-0.3, -0.25) is 4.90 Å². The van der Waals surface area contributed by atoms with Crippen molar-refractivity contribution < 1.29 is 9.84 Å². The standard InChI is InChI=1S/C27H30Cl2N2O2/c1-27(2,19-32)33-23-12-13-25(24(29)16-23)31-15-14-30(17-20-6-4-3-5-7-20)18-26(31)21-8-10-22(28)11-9-21/h3-13,16,26,32H,14-15,17-19H2,1-2H3/t26-/m0/s1. The molecule has 6 heteroatoms. The van der Waals surface area contributed by atoms with Gasteiger partial charge in [-0.05, 0) is 49.2 Å². The summed E-state index contributed by atoms with van der Waals surface area (Å²) < 4.78 is 5.91. The number of nitrogens with zero attached hydrogens (tertiary/aromatic N) is 2. The molecule has 1 fully saturated rings. The molecule has 1 saturated heterocycles. The lowest BCUT2D eigenvalue weighted by Gasteiger charge is -2.43. The normalized spacial score (nSPS) is 17.2. The van der Waals surface area contributed by atoms with E-state index in [9.17, 15) is 5.11 Å². The molecule has 4 nitrogen and oxygen atoms in total. The molecule has 0 aromatic heterocycles. The number of aliphatic hydroxyl groups is 1. The fourth-order valence-electron chi connectivity index (χ4n) is 4.22. The molecule has 0 unspecified atom stereocenters. The average Bonchev–Trinajstić information content (AvgIpc) is 2.80. The maximum atomic E-state index is 9.51. The highest BCUT2D eigenvalue weighted by atomic mass is 35.5. The van der Waals surface area contributed by atoms with E-state index in [1.165, 1.54) is 11.1 Å². The van der Waals surface area contributed by atoms with Crippen molar-refractivity contribution in [1.82, 2.24) is 4.90 Å². The van der Waals surface area contributed by atoms with E-state index in [0.717, 1.165) is 36.9 Å². The maximum Gasteiger partial charge on any atom is 0.126 e. The number of ether oxygens (including phenoxy) is 1. The summed E-state index contributed by atoms with van der Waals surface area (Å²) in [6.07, 6.45) is 0. The van der Waals surface area contributed by atoms with E-state index in [2.05, 4.69) is 52.3 Å². The molecular formula is C27H30Cl2N2O2. The van der Waals surface area contributed by atoms with E-state index in [1.54, 1.807) is 0 Å². The maximum absolute atomic E-state index is 9.51. The quantitative estimate of drug-likeness (QED) is 0.432. The van der Waals surface area contributed by atoms with Crippen LogP contribution in [0, 0.1) is 0 Å². The van der Waals surface area contributed by atoms with E-state index in [1.807, 2.05) is 44.2 Å². The summed E-state index contributed by atoms with van der Waals surface area (Å²) in [5.41, 5.74) is 2.83. The predicted molar refractivity (Wildman–Crippen MR) is 137 cm³/mol. The third kappa shape index (κ3) is 6.01. The van der Waals surface area contributed by atoms with Crippen LogP contribution < -0.4 is 9.64 Å². The summed E-state index contributed by atoms with van der Waals surface area (Å²) in [4.78, 5) is 4.86. The van der Waals surface area contributed by atoms with E-state index in [0.29, 0.717) is 10.8 Å². The zero-order valence-electron chi connectivity index (χ0n) is 19.0. The van der Waals surface area contributed by atoms with Crippen molar-refractivity contribution in [1.29, 1.82) is 0 Å². The summed E-state index contributed by atoms with van der Waals surface area (Å²) in [5, 5.41) is 10.9. The zero-order valence-corrected chi connectivity index (χ0v) is 20.6. The summed E-state index contributed by atoms with van der Waals surface area (Å²) in [7, 11) is 0. The Bertz CT molecular complexity index is 1060. The van der Waals surface area contributed by atoms with Gasteiger partial charge in [0.05, 0.1) is 23.4 Å². The molecule has 0 saturated carbocycles. The molecule has 1 N–H and O–H groups in total. The van der Waals surface area contributed by atoms with Crippen LogP contribution in [0.5, 0.6) is 5.75 Å². The van der Waals surface area contributed by atoms with Crippen LogP contribution in [0.25, 0.3) is 0 Å². The number of halogens is 2. The van der Waals surface area contributed by atoms with Crippen molar-refractivity contribution in [3.63, 3.8) is 0 Å². The topological polar surface area (TPSA) is 35.9 Å². The highest BCUT2D eigenvalue weighted by Gasteiger charge is 2.30. The Morgan fingerprint density at radius 3 is 2.36 bits per heavy atom. The molecule has 0 aliphatic carbocycles. The second-order valence-corrected chi connectivity index (χ2v) is 9.96. The van der Waals surface area contributed by atoms with E-state index < -0.39 is 5.60 Å². The molecular weight excluding hydrogens is 455 g/mol. The molecule has 0 amide bonds. The van der Waals surface area contributed by atoms with Crippen molar-refractivity contribution >= 4 is 28.9 Å². The SMILES string of the molecule is CC(C)(CO)Oc1ccc(N2CCN(Cc3ccccc3)C[C@H]2c2ccc(Cl)cc2)c(Cl)c1. The molecule has 1 heterocycles. The molecule has 1 aliphatic heterocycles. The lowest BCUT2D eigenvalue weighted by atomic mass is 10.0. The molecule has 0 radical (unpaired) electrons. The summed E-state index contributed by atoms with van der Waals surface area (Å²) in [5.74, 6) is 0.647. The zero-order chi connectivity index (χ0) is 23.4. The predicted octanol–water partition coefficient (Wildman–Crippen LogP) is 6.21. The molecule has 1 atom stereocenters. The van der Waals surface area contributed by atoms with Gasteiger partial charge in [0.15, 0.2) is 0 Å². The molecule has 0 spiro atoms. The fraction of sp³-hybridized carbons (Fsp3) is 0.333. The van der Waals surface area contributed by atoms with Crippen LogP contribution in [0.4, 0.5) is 5.69 Å². The Balaban J connectivity index is 1.60. The van der Waals surface area contributed by atoms with Crippen LogP contribution in [0.2, 0.25) is 10.0 Å². The minimum atomic E-state index is -0.667. The third-order valence-corrected chi connectivity index (χ3v) is 6.53.